The monoisotopic (exact) mass is 271 g/mol. The molecule has 0 radical (unpaired) electrons. The van der Waals surface area contributed by atoms with Gasteiger partial charge in [0.05, 0.1) is 17.4 Å². The Morgan fingerprint density at radius 1 is 1.26 bits per heavy atom. The molecule has 1 aromatic carbocycles. The SMILES string of the molecule is CC(CNCc1cccs1)n1cnc2ccccc21. The summed E-state index contributed by atoms with van der Waals surface area (Å²) in [7, 11) is 0. The van der Waals surface area contributed by atoms with Crippen LogP contribution in [-0.4, -0.2) is 16.1 Å². The van der Waals surface area contributed by atoms with Gasteiger partial charge in [-0.1, -0.05) is 18.2 Å². The number of nitrogens with zero attached hydrogens (tertiary/aromatic N) is 2. The first-order chi connectivity index (χ1) is 9.34. The van der Waals surface area contributed by atoms with Crippen LogP contribution in [0.3, 0.4) is 0 Å². The van der Waals surface area contributed by atoms with Gasteiger partial charge in [0.1, 0.15) is 0 Å². The Bertz CT molecular complexity index is 642. The van der Waals surface area contributed by atoms with Crippen molar-refractivity contribution < 1.29 is 0 Å². The summed E-state index contributed by atoms with van der Waals surface area (Å²) in [5.41, 5.74) is 2.26. The highest BCUT2D eigenvalue weighted by molar-refractivity contribution is 7.09. The smallest absolute Gasteiger partial charge is 0.0961 e. The quantitative estimate of drug-likeness (QED) is 0.770. The van der Waals surface area contributed by atoms with E-state index in [0.29, 0.717) is 6.04 Å². The molecule has 0 aliphatic rings. The van der Waals surface area contributed by atoms with E-state index in [0.717, 1.165) is 18.6 Å². The molecular weight excluding hydrogens is 254 g/mol. The lowest BCUT2D eigenvalue weighted by Gasteiger charge is -2.15. The van der Waals surface area contributed by atoms with E-state index in [9.17, 15) is 0 Å². The summed E-state index contributed by atoms with van der Waals surface area (Å²) in [6, 6.07) is 12.9. The number of hydrogen-bond acceptors (Lipinski definition) is 3. The minimum absolute atomic E-state index is 0.396. The number of hydrogen-bond donors (Lipinski definition) is 1. The standard InChI is InChI=1S/C15H17N3S/c1-12(9-16-10-13-5-4-8-19-13)18-11-17-14-6-2-3-7-15(14)18/h2-8,11-12,16H,9-10H2,1H3. The van der Waals surface area contributed by atoms with Crippen molar-refractivity contribution >= 4 is 22.4 Å². The number of benzene rings is 1. The zero-order chi connectivity index (χ0) is 13.1. The summed E-state index contributed by atoms with van der Waals surface area (Å²) in [5, 5.41) is 5.62. The van der Waals surface area contributed by atoms with Gasteiger partial charge in [-0.25, -0.2) is 4.98 Å². The average Bonchev–Trinajstić information content (AvgIpc) is 3.07. The summed E-state index contributed by atoms with van der Waals surface area (Å²) in [5.74, 6) is 0. The number of thiophene rings is 1. The van der Waals surface area contributed by atoms with Gasteiger partial charge in [-0.15, -0.1) is 11.3 Å². The molecule has 1 N–H and O–H groups in total. The summed E-state index contributed by atoms with van der Waals surface area (Å²) < 4.78 is 2.23. The lowest BCUT2D eigenvalue weighted by Crippen LogP contribution is -2.22. The summed E-state index contributed by atoms with van der Waals surface area (Å²) in [6.07, 6.45) is 1.93. The van der Waals surface area contributed by atoms with Crippen molar-refractivity contribution in [1.82, 2.24) is 14.9 Å². The van der Waals surface area contributed by atoms with E-state index in [-0.39, 0.29) is 0 Å². The van der Waals surface area contributed by atoms with E-state index in [1.54, 1.807) is 11.3 Å². The fourth-order valence-corrected chi connectivity index (χ4v) is 2.92. The van der Waals surface area contributed by atoms with Crippen molar-refractivity contribution in [3.8, 4) is 0 Å². The van der Waals surface area contributed by atoms with E-state index in [1.807, 2.05) is 12.4 Å². The number of imidazole rings is 1. The largest absolute Gasteiger partial charge is 0.326 e. The van der Waals surface area contributed by atoms with Crippen molar-refractivity contribution in [3.63, 3.8) is 0 Å². The molecule has 0 spiro atoms. The summed E-state index contributed by atoms with van der Waals surface area (Å²) in [6.45, 7) is 4.10. The van der Waals surface area contributed by atoms with Crippen molar-refractivity contribution in [2.24, 2.45) is 0 Å². The maximum atomic E-state index is 4.43. The van der Waals surface area contributed by atoms with Gasteiger partial charge in [-0.3, -0.25) is 0 Å². The van der Waals surface area contributed by atoms with Gasteiger partial charge in [-0.05, 0) is 30.5 Å². The molecule has 0 fully saturated rings. The van der Waals surface area contributed by atoms with Gasteiger partial charge in [0.2, 0.25) is 0 Å². The van der Waals surface area contributed by atoms with Crippen LogP contribution in [0.1, 0.15) is 17.8 Å². The molecule has 98 valence electrons. The zero-order valence-electron chi connectivity index (χ0n) is 10.9. The molecular formula is C15H17N3S. The molecule has 1 atom stereocenters. The maximum absolute atomic E-state index is 4.43. The number of nitrogens with one attached hydrogen (secondary N) is 1. The Morgan fingerprint density at radius 2 is 2.16 bits per heavy atom. The van der Waals surface area contributed by atoms with Gasteiger partial charge >= 0.3 is 0 Å². The number of aromatic nitrogens is 2. The van der Waals surface area contributed by atoms with Gasteiger partial charge in [0.25, 0.3) is 0 Å². The fraction of sp³-hybridized carbons (Fsp3) is 0.267. The van der Waals surface area contributed by atoms with Crippen LogP contribution in [-0.2, 0) is 6.54 Å². The van der Waals surface area contributed by atoms with Crippen molar-refractivity contribution in [2.45, 2.75) is 19.5 Å². The molecule has 2 heterocycles. The molecule has 3 aromatic rings. The minimum Gasteiger partial charge on any atom is -0.326 e. The average molecular weight is 271 g/mol. The Morgan fingerprint density at radius 3 is 3.00 bits per heavy atom. The van der Waals surface area contributed by atoms with Crippen LogP contribution < -0.4 is 5.32 Å². The van der Waals surface area contributed by atoms with Crippen LogP contribution in [0, 0.1) is 0 Å². The molecule has 0 bridgehead atoms. The first-order valence-electron chi connectivity index (χ1n) is 6.49. The third-order valence-electron chi connectivity index (χ3n) is 3.28. The van der Waals surface area contributed by atoms with Crippen LogP contribution in [0.5, 0.6) is 0 Å². The lowest BCUT2D eigenvalue weighted by atomic mass is 10.2. The first-order valence-corrected chi connectivity index (χ1v) is 7.37. The number of para-hydroxylation sites is 2. The summed E-state index contributed by atoms with van der Waals surface area (Å²) in [4.78, 5) is 5.81. The third-order valence-corrected chi connectivity index (χ3v) is 4.15. The Kier molecular flexibility index (Phi) is 3.62. The zero-order valence-corrected chi connectivity index (χ0v) is 11.7. The normalized spacial score (nSPS) is 12.9. The van der Waals surface area contributed by atoms with E-state index in [4.69, 9.17) is 0 Å². The number of rotatable bonds is 5. The lowest BCUT2D eigenvalue weighted by molar-refractivity contribution is 0.504. The molecule has 0 amide bonds. The van der Waals surface area contributed by atoms with Gasteiger partial charge in [0, 0.05) is 24.0 Å². The molecule has 1 unspecified atom stereocenters. The Hall–Kier alpha value is -1.65. The number of fused-ring (bicyclic) bond motifs is 1. The molecule has 4 heteroatoms. The second-order valence-electron chi connectivity index (χ2n) is 4.70. The molecule has 2 aromatic heterocycles. The highest BCUT2D eigenvalue weighted by Gasteiger charge is 2.08. The minimum atomic E-state index is 0.396. The molecule has 0 aliphatic carbocycles. The van der Waals surface area contributed by atoms with Crippen LogP contribution in [0.25, 0.3) is 11.0 Å². The highest BCUT2D eigenvalue weighted by atomic mass is 32.1. The van der Waals surface area contributed by atoms with E-state index in [2.05, 4.69) is 57.5 Å². The molecule has 0 saturated carbocycles. The van der Waals surface area contributed by atoms with Crippen LogP contribution in [0.15, 0.2) is 48.1 Å². The highest BCUT2D eigenvalue weighted by Crippen LogP contribution is 2.17. The van der Waals surface area contributed by atoms with Gasteiger partial charge < -0.3 is 9.88 Å². The molecule has 19 heavy (non-hydrogen) atoms. The van der Waals surface area contributed by atoms with Gasteiger partial charge in [0.15, 0.2) is 0 Å². The van der Waals surface area contributed by atoms with E-state index < -0.39 is 0 Å². The Labute approximate surface area is 116 Å². The third kappa shape index (κ3) is 2.69. The van der Waals surface area contributed by atoms with Crippen LogP contribution in [0.4, 0.5) is 0 Å². The van der Waals surface area contributed by atoms with Crippen LogP contribution in [0.2, 0.25) is 0 Å². The van der Waals surface area contributed by atoms with Crippen molar-refractivity contribution in [1.29, 1.82) is 0 Å². The molecule has 0 saturated heterocycles. The predicted molar refractivity (Wildman–Crippen MR) is 80.5 cm³/mol. The predicted octanol–water partition coefficient (Wildman–Crippen LogP) is 3.45. The molecule has 3 rings (SSSR count). The fourth-order valence-electron chi connectivity index (χ4n) is 2.25. The van der Waals surface area contributed by atoms with E-state index in [1.165, 1.54) is 10.4 Å². The Balaban J connectivity index is 1.65. The van der Waals surface area contributed by atoms with Crippen LogP contribution >= 0.6 is 11.3 Å². The van der Waals surface area contributed by atoms with E-state index >= 15 is 0 Å². The van der Waals surface area contributed by atoms with Crippen molar-refractivity contribution in [3.05, 3.63) is 53.0 Å². The topological polar surface area (TPSA) is 29.9 Å². The summed E-state index contributed by atoms with van der Waals surface area (Å²) >= 11 is 1.79. The first kappa shape index (κ1) is 12.4. The second-order valence-corrected chi connectivity index (χ2v) is 5.73. The molecule has 3 nitrogen and oxygen atoms in total. The van der Waals surface area contributed by atoms with Crippen molar-refractivity contribution in [2.75, 3.05) is 6.54 Å². The maximum Gasteiger partial charge on any atom is 0.0961 e. The molecule has 0 aliphatic heterocycles. The second kappa shape index (κ2) is 5.55. The van der Waals surface area contributed by atoms with Gasteiger partial charge in [-0.2, -0.15) is 0 Å².